The molecule has 1 heterocycles. The molecular formula is C14H19ClF2N2O2. The van der Waals surface area contributed by atoms with E-state index in [-0.39, 0.29) is 42.9 Å². The molecule has 0 radical (unpaired) electrons. The number of morpholine rings is 1. The number of carbonyl (C=O) groups is 1. The zero-order chi connectivity index (χ0) is 14.4. The summed E-state index contributed by atoms with van der Waals surface area (Å²) < 4.78 is 32.0. The summed E-state index contributed by atoms with van der Waals surface area (Å²) in [6.45, 7) is 2.11. The fraction of sp³-hybridized carbons (Fsp3) is 0.500. The van der Waals surface area contributed by atoms with Crippen LogP contribution in [0.1, 0.15) is 12.0 Å². The van der Waals surface area contributed by atoms with E-state index in [4.69, 9.17) is 4.74 Å². The van der Waals surface area contributed by atoms with Crippen LogP contribution in [0.15, 0.2) is 18.2 Å². The van der Waals surface area contributed by atoms with Gasteiger partial charge in [0.1, 0.15) is 11.6 Å². The molecule has 0 saturated carbocycles. The van der Waals surface area contributed by atoms with Crippen LogP contribution in [0.2, 0.25) is 0 Å². The minimum Gasteiger partial charge on any atom is -0.378 e. The van der Waals surface area contributed by atoms with E-state index in [1.54, 1.807) is 0 Å². The zero-order valence-electron chi connectivity index (χ0n) is 11.5. The number of amides is 1. The molecule has 1 saturated heterocycles. The smallest absolute Gasteiger partial charge is 0.221 e. The van der Waals surface area contributed by atoms with Crippen molar-refractivity contribution >= 4 is 18.3 Å². The molecule has 1 fully saturated rings. The third kappa shape index (κ3) is 5.57. The van der Waals surface area contributed by atoms with E-state index in [1.165, 1.54) is 18.2 Å². The van der Waals surface area contributed by atoms with Gasteiger partial charge in [-0.25, -0.2) is 8.78 Å². The van der Waals surface area contributed by atoms with Gasteiger partial charge in [0.2, 0.25) is 5.91 Å². The highest BCUT2D eigenvalue weighted by Gasteiger charge is 2.16. The Bertz CT molecular complexity index is 448. The van der Waals surface area contributed by atoms with Gasteiger partial charge in [0.05, 0.1) is 13.2 Å². The Hall–Kier alpha value is -1.24. The van der Waals surface area contributed by atoms with Crippen molar-refractivity contribution in [3.8, 4) is 0 Å². The molecule has 0 aliphatic carbocycles. The van der Waals surface area contributed by atoms with Crippen molar-refractivity contribution in [2.24, 2.45) is 0 Å². The van der Waals surface area contributed by atoms with Crippen LogP contribution in [0, 0.1) is 11.6 Å². The van der Waals surface area contributed by atoms with Crippen LogP contribution in [0.5, 0.6) is 0 Å². The quantitative estimate of drug-likeness (QED) is 0.863. The van der Waals surface area contributed by atoms with E-state index in [2.05, 4.69) is 10.6 Å². The summed E-state index contributed by atoms with van der Waals surface area (Å²) in [7, 11) is 0. The first-order chi connectivity index (χ1) is 9.66. The van der Waals surface area contributed by atoms with E-state index in [0.29, 0.717) is 19.6 Å². The van der Waals surface area contributed by atoms with Crippen molar-refractivity contribution in [1.82, 2.24) is 10.6 Å². The van der Waals surface area contributed by atoms with Crippen LogP contribution >= 0.6 is 12.4 Å². The highest BCUT2D eigenvalue weighted by atomic mass is 35.5. The zero-order valence-corrected chi connectivity index (χ0v) is 12.3. The van der Waals surface area contributed by atoms with Gasteiger partial charge in [-0.2, -0.15) is 0 Å². The lowest BCUT2D eigenvalue weighted by molar-refractivity contribution is -0.122. The van der Waals surface area contributed by atoms with Crippen LogP contribution in [0.3, 0.4) is 0 Å². The maximum Gasteiger partial charge on any atom is 0.221 e. The molecular weight excluding hydrogens is 302 g/mol. The molecule has 4 nitrogen and oxygen atoms in total. The molecule has 7 heteroatoms. The Morgan fingerprint density at radius 2 is 2.10 bits per heavy atom. The lowest BCUT2D eigenvalue weighted by Gasteiger charge is -2.23. The second-order valence-electron chi connectivity index (χ2n) is 4.73. The van der Waals surface area contributed by atoms with Gasteiger partial charge in [-0.05, 0) is 18.6 Å². The number of benzene rings is 1. The maximum absolute atomic E-state index is 13.4. The van der Waals surface area contributed by atoms with Gasteiger partial charge < -0.3 is 15.4 Å². The summed E-state index contributed by atoms with van der Waals surface area (Å²) in [4.78, 5) is 11.7. The molecule has 1 atom stereocenters. The summed E-state index contributed by atoms with van der Waals surface area (Å²) in [6, 6.07) is 3.75. The topological polar surface area (TPSA) is 50.4 Å². The van der Waals surface area contributed by atoms with E-state index < -0.39 is 11.6 Å². The standard InChI is InChI=1S/C14H18F2N2O2.ClH/c15-12-2-1-3-13(16)11(12)4-5-18-14(19)8-10-9-20-7-6-17-10;/h1-3,10,17H,4-9H2,(H,18,19);1H. The van der Waals surface area contributed by atoms with Gasteiger partial charge in [-0.1, -0.05) is 6.07 Å². The van der Waals surface area contributed by atoms with E-state index in [1.807, 2.05) is 0 Å². The van der Waals surface area contributed by atoms with Gasteiger partial charge in [-0.3, -0.25) is 4.79 Å². The lowest BCUT2D eigenvalue weighted by Crippen LogP contribution is -2.44. The van der Waals surface area contributed by atoms with E-state index in [9.17, 15) is 13.6 Å². The molecule has 118 valence electrons. The molecule has 1 amide bonds. The number of hydrogen-bond acceptors (Lipinski definition) is 3. The van der Waals surface area contributed by atoms with Crippen LogP contribution in [0.25, 0.3) is 0 Å². The molecule has 21 heavy (non-hydrogen) atoms. The van der Waals surface area contributed by atoms with Crippen LogP contribution in [0.4, 0.5) is 8.78 Å². The van der Waals surface area contributed by atoms with Gasteiger partial charge >= 0.3 is 0 Å². The Balaban J connectivity index is 0.00000220. The number of rotatable bonds is 5. The summed E-state index contributed by atoms with van der Waals surface area (Å²) in [5, 5.41) is 5.84. The average molecular weight is 321 g/mol. The number of nitrogens with one attached hydrogen (secondary N) is 2. The van der Waals surface area contributed by atoms with Crippen LogP contribution in [-0.4, -0.2) is 38.3 Å². The Morgan fingerprint density at radius 1 is 1.38 bits per heavy atom. The second-order valence-corrected chi connectivity index (χ2v) is 4.73. The first kappa shape index (κ1) is 17.8. The van der Waals surface area contributed by atoms with E-state index >= 15 is 0 Å². The van der Waals surface area contributed by atoms with Crippen molar-refractivity contribution in [3.05, 3.63) is 35.4 Å². The number of ether oxygens (including phenoxy) is 1. The molecule has 1 aliphatic rings. The second kappa shape index (κ2) is 8.92. The number of hydrogen-bond donors (Lipinski definition) is 2. The molecule has 1 aromatic rings. The first-order valence-corrected chi connectivity index (χ1v) is 6.67. The highest BCUT2D eigenvalue weighted by molar-refractivity contribution is 5.85. The largest absolute Gasteiger partial charge is 0.378 e. The van der Waals surface area contributed by atoms with Crippen molar-refractivity contribution in [2.45, 2.75) is 18.9 Å². The van der Waals surface area contributed by atoms with Gasteiger partial charge in [0.25, 0.3) is 0 Å². The Morgan fingerprint density at radius 3 is 2.71 bits per heavy atom. The predicted molar refractivity (Wildman–Crippen MR) is 77.5 cm³/mol. The minimum absolute atomic E-state index is 0. The molecule has 2 N–H and O–H groups in total. The molecule has 1 aliphatic heterocycles. The minimum atomic E-state index is -0.582. The third-order valence-corrected chi connectivity index (χ3v) is 3.19. The fourth-order valence-electron chi connectivity index (χ4n) is 2.14. The average Bonchev–Trinajstić information content (AvgIpc) is 2.43. The molecule has 1 unspecified atom stereocenters. The number of halogens is 3. The SMILES string of the molecule is Cl.O=C(CC1COCCN1)NCCc1c(F)cccc1F. The summed E-state index contributed by atoms with van der Waals surface area (Å²) >= 11 is 0. The fourth-order valence-corrected chi connectivity index (χ4v) is 2.14. The van der Waals surface area contributed by atoms with Crippen molar-refractivity contribution in [1.29, 1.82) is 0 Å². The summed E-state index contributed by atoms with van der Waals surface area (Å²) in [5.41, 5.74) is 0.00641. The molecule has 2 rings (SSSR count). The summed E-state index contributed by atoms with van der Waals surface area (Å²) in [6.07, 6.45) is 0.443. The monoisotopic (exact) mass is 320 g/mol. The predicted octanol–water partition coefficient (Wildman–Crippen LogP) is 1.42. The molecule has 0 spiro atoms. The number of carbonyl (C=O) groups excluding carboxylic acids is 1. The molecule has 0 bridgehead atoms. The van der Waals surface area contributed by atoms with Crippen molar-refractivity contribution in [2.75, 3.05) is 26.3 Å². The van der Waals surface area contributed by atoms with Crippen LogP contribution in [-0.2, 0) is 16.0 Å². The maximum atomic E-state index is 13.4. The van der Waals surface area contributed by atoms with Gasteiger partial charge in [0.15, 0.2) is 0 Å². The lowest BCUT2D eigenvalue weighted by atomic mass is 10.1. The Labute approximate surface area is 128 Å². The first-order valence-electron chi connectivity index (χ1n) is 6.67. The molecule has 0 aromatic heterocycles. The van der Waals surface area contributed by atoms with Crippen molar-refractivity contribution in [3.63, 3.8) is 0 Å². The van der Waals surface area contributed by atoms with Crippen LogP contribution < -0.4 is 10.6 Å². The third-order valence-electron chi connectivity index (χ3n) is 3.19. The highest BCUT2D eigenvalue weighted by Crippen LogP contribution is 2.12. The Kier molecular flexibility index (Phi) is 7.56. The van der Waals surface area contributed by atoms with E-state index in [0.717, 1.165) is 6.54 Å². The normalized spacial score (nSPS) is 17.9. The van der Waals surface area contributed by atoms with Gasteiger partial charge in [0, 0.05) is 31.1 Å². The van der Waals surface area contributed by atoms with Crippen molar-refractivity contribution < 1.29 is 18.3 Å². The van der Waals surface area contributed by atoms with Gasteiger partial charge in [-0.15, -0.1) is 12.4 Å². The molecule has 1 aromatic carbocycles. The summed E-state index contributed by atoms with van der Waals surface area (Å²) in [5.74, 6) is -1.31.